The van der Waals surface area contributed by atoms with E-state index in [-0.39, 0.29) is 29.6 Å². The summed E-state index contributed by atoms with van der Waals surface area (Å²) >= 11 is 0. The van der Waals surface area contributed by atoms with Crippen molar-refractivity contribution in [3.8, 4) is 5.75 Å². The number of ether oxygens (including phenoxy) is 1. The lowest BCUT2D eigenvalue weighted by Gasteiger charge is -2.33. The first kappa shape index (κ1) is 16.2. The highest BCUT2D eigenvalue weighted by molar-refractivity contribution is 5.80. The fourth-order valence-corrected chi connectivity index (χ4v) is 3.66. The maximum atomic E-state index is 13.6. The second-order valence-corrected chi connectivity index (χ2v) is 6.74. The molecule has 1 saturated heterocycles. The van der Waals surface area contributed by atoms with E-state index < -0.39 is 0 Å². The molecule has 0 radical (unpaired) electrons. The van der Waals surface area contributed by atoms with E-state index in [4.69, 9.17) is 4.74 Å². The number of likely N-dealkylation sites (N-methyl/N-ethyl adjacent to an activating group) is 1. The van der Waals surface area contributed by atoms with Crippen molar-refractivity contribution in [2.45, 2.75) is 6.04 Å². The zero-order valence-electron chi connectivity index (χ0n) is 13.9. The molecule has 1 fully saturated rings. The average molecular weight is 321 g/mol. The van der Waals surface area contributed by atoms with Gasteiger partial charge in [-0.15, -0.1) is 0 Å². The molecular formula is C17H24FN3O2. The van der Waals surface area contributed by atoms with Gasteiger partial charge in [0.2, 0.25) is 5.91 Å². The van der Waals surface area contributed by atoms with Crippen LogP contribution in [0.25, 0.3) is 0 Å². The summed E-state index contributed by atoms with van der Waals surface area (Å²) in [5.41, 5.74) is 0.854. The van der Waals surface area contributed by atoms with Crippen molar-refractivity contribution in [2.24, 2.45) is 11.8 Å². The van der Waals surface area contributed by atoms with Crippen LogP contribution in [0.2, 0.25) is 0 Å². The first-order chi connectivity index (χ1) is 11.0. The third kappa shape index (κ3) is 3.19. The lowest BCUT2D eigenvalue weighted by Crippen LogP contribution is -2.40. The van der Waals surface area contributed by atoms with Gasteiger partial charge in [-0.2, -0.15) is 0 Å². The lowest BCUT2D eigenvalue weighted by atomic mass is 9.85. The topological polar surface area (TPSA) is 44.8 Å². The molecule has 3 rings (SSSR count). The van der Waals surface area contributed by atoms with Crippen LogP contribution in [0.3, 0.4) is 0 Å². The van der Waals surface area contributed by atoms with Crippen LogP contribution in [0.15, 0.2) is 18.2 Å². The summed E-state index contributed by atoms with van der Waals surface area (Å²) in [6.07, 6.45) is 0. The van der Waals surface area contributed by atoms with Crippen LogP contribution >= 0.6 is 0 Å². The Kier molecular flexibility index (Phi) is 4.55. The van der Waals surface area contributed by atoms with Gasteiger partial charge in [0, 0.05) is 37.2 Å². The number of halogens is 1. The number of fused-ring (bicyclic) bond motifs is 3. The number of carbonyl (C=O) groups is 1. The summed E-state index contributed by atoms with van der Waals surface area (Å²) in [6, 6.07) is 4.67. The highest BCUT2D eigenvalue weighted by atomic mass is 19.1. The van der Waals surface area contributed by atoms with E-state index >= 15 is 0 Å². The fourth-order valence-electron chi connectivity index (χ4n) is 3.66. The van der Waals surface area contributed by atoms with Gasteiger partial charge in [0.25, 0.3) is 0 Å². The minimum absolute atomic E-state index is 0.0408. The highest BCUT2D eigenvalue weighted by Gasteiger charge is 2.47. The molecule has 126 valence electrons. The molecule has 5 nitrogen and oxygen atoms in total. The number of nitrogens with one attached hydrogen (secondary N) is 1. The minimum Gasteiger partial charge on any atom is -0.493 e. The summed E-state index contributed by atoms with van der Waals surface area (Å²) in [5.74, 6) is 0.473. The van der Waals surface area contributed by atoms with Crippen molar-refractivity contribution < 1.29 is 13.9 Å². The second kappa shape index (κ2) is 6.45. The Hall–Kier alpha value is -1.66. The molecule has 0 spiro atoms. The van der Waals surface area contributed by atoms with Gasteiger partial charge in [0.15, 0.2) is 0 Å². The van der Waals surface area contributed by atoms with Crippen LogP contribution < -0.4 is 10.1 Å². The van der Waals surface area contributed by atoms with Crippen LogP contribution in [0.5, 0.6) is 5.75 Å². The SMILES string of the molecule is CN(C)CCNC(=O)[C@@H]1CN(C)[C@H]2c3cc(F)ccc3OC[C@@H]12. The van der Waals surface area contributed by atoms with Crippen molar-refractivity contribution in [2.75, 3.05) is 47.4 Å². The molecule has 2 heterocycles. The molecule has 0 aliphatic carbocycles. The van der Waals surface area contributed by atoms with Gasteiger partial charge in [-0.05, 0) is 39.3 Å². The zero-order valence-corrected chi connectivity index (χ0v) is 13.9. The Balaban J connectivity index is 1.74. The fraction of sp³-hybridized carbons (Fsp3) is 0.588. The summed E-state index contributed by atoms with van der Waals surface area (Å²) in [4.78, 5) is 16.7. The Morgan fingerprint density at radius 1 is 1.48 bits per heavy atom. The average Bonchev–Trinajstić information content (AvgIpc) is 2.84. The highest BCUT2D eigenvalue weighted by Crippen LogP contribution is 2.46. The van der Waals surface area contributed by atoms with Crippen LogP contribution in [-0.2, 0) is 4.79 Å². The summed E-state index contributed by atoms with van der Waals surface area (Å²) in [7, 11) is 5.95. The normalized spacial score (nSPS) is 26.6. The molecular weight excluding hydrogens is 297 g/mol. The molecule has 0 bridgehead atoms. The zero-order chi connectivity index (χ0) is 16.6. The largest absolute Gasteiger partial charge is 0.493 e. The molecule has 1 aromatic carbocycles. The molecule has 2 aliphatic heterocycles. The lowest BCUT2D eigenvalue weighted by molar-refractivity contribution is -0.126. The summed E-state index contributed by atoms with van der Waals surface area (Å²) < 4.78 is 19.4. The van der Waals surface area contributed by atoms with Gasteiger partial charge in [-0.1, -0.05) is 0 Å². The van der Waals surface area contributed by atoms with E-state index in [0.717, 1.165) is 17.9 Å². The number of amides is 1. The second-order valence-electron chi connectivity index (χ2n) is 6.74. The third-order valence-electron chi connectivity index (χ3n) is 4.80. The monoisotopic (exact) mass is 321 g/mol. The van der Waals surface area contributed by atoms with Crippen molar-refractivity contribution in [3.63, 3.8) is 0 Å². The van der Waals surface area contributed by atoms with Crippen LogP contribution in [0.1, 0.15) is 11.6 Å². The van der Waals surface area contributed by atoms with Gasteiger partial charge in [0.05, 0.1) is 12.5 Å². The molecule has 1 N–H and O–H groups in total. The van der Waals surface area contributed by atoms with Crippen molar-refractivity contribution >= 4 is 5.91 Å². The number of nitrogens with zero attached hydrogens (tertiary/aromatic N) is 2. The minimum atomic E-state index is -0.264. The van der Waals surface area contributed by atoms with E-state index in [0.29, 0.717) is 19.7 Å². The number of carbonyl (C=O) groups excluding carboxylic acids is 1. The first-order valence-corrected chi connectivity index (χ1v) is 8.02. The molecule has 0 saturated carbocycles. The van der Waals surface area contributed by atoms with Gasteiger partial charge in [-0.25, -0.2) is 4.39 Å². The Morgan fingerprint density at radius 3 is 3.00 bits per heavy atom. The summed E-state index contributed by atoms with van der Waals surface area (Å²) in [5, 5.41) is 3.01. The number of likely N-dealkylation sites (tertiary alicyclic amines) is 1. The maximum absolute atomic E-state index is 13.6. The molecule has 2 aliphatic rings. The Morgan fingerprint density at radius 2 is 2.26 bits per heavy atom. The van der Waals surface area contributed by atoms with E-state index in [1.807, 2.05) is 26.0 Å². The first-order valence-electron chi connectivity index (χ1n) is 8.02. The van der Waals surface area contributed by atoms with Gasteiger partial charge in [-0.3, -0.25) is 9.69 Å². The predicted molar refractivity (Wildman–Crippen MR) is 85.8 cm³/mol. The van der Waals surface area contributed by atoms with Gasteiger partial charge < -0.3 is 15.0 Å². The molecule has 1 amide bonds. The Labute approximate surface area is 136 Å². The Bertz CT molecular complexity index is 593. The smallest absolute Gasteiger partial charge is 0.224 e. The number of hydrogen-bond donors (Lipinski definition) is 1. The number of hydrogen-bond acceptors (Lipinski definition) is 4. The van der Waals surface area contributed by atoms with Crippen molar-refractivity contribution in [1.29, 1.82) is 0 Å². The van der Waals surface area contributed by atoms with Crippen molar-refractivity contribution in [1.82, 2.24) is 15.1 Å². The van der Waals surface area contributed by atoms with E-state index in [2.05, 4.69) is 10.2 Å². The van der Waals surface area contributed by atoms with Gasteiger partial charge in [0.1, 0.15) is 11.6 Å². The third-order valence-corrected chi connectivity index (χ3v) is 4.80. The van der Waals surface area contributed by atoms with Crippen LogP contribution in [0, 0.1) is 17.7 Å². The molecule has 0 aromatic heterocycles. The van der Waals surface area contributed by atoms with E-state index in [9.17, 15) is 9.18 Å². The maximum Gasteiger partial charge on any atom is 0.224 e. The van der Waals surface area contributed by atoms with E-state index in [1.54, 1.807) is 6.07 Å². The summed E-state index contributed by atoms with van der Waals surface area (Å²) in [6.45, 7) is 2.62. The number of rotatable bonds is 4. The van der Waals surface area contributed by atoms with E-state index in [1.165, 1.54) is 12.1 Å². The molecule has 0 unspecified atom stereocenters. The predicted octanol–water partition coefficient (Wildman–Crippen LogP) is 1.11. The standard InChI is InChI=1S/C17H24FN3O2/c1-20(2)7-6-19-17(22)13-9-21(3)16-12-8-11(18)4-5-15(12)23-10-14(13)16/h4-5,8,13-14,16H,6-7,9-10H2,1-3H3,(H,19,22)/t13-,14+,16+/m1/s1. The molecule has 1 aromatic rings. The quantitative estimate of drug-likeness (QED) is 0.902. The molecule has 6 heteroatoms. The van der Waals surface area contributed by atoms with Crippen LogP contribution in [-0.4, -0.2) is 63.1 Å². The van der Waals surface area contributed by atoms with Crippen LogP contribution in [0.4, 0.5) is 4.39 Å². The van der Waals surface area contributed by atoms with Gasteiger partial charge >= 0.3 is 0 Å². The molecule has 23 heavy (non-hydrogen) atoms. The number of benzene rings is 1. The molecule has 3 atom stereocenters. The van der Waals surface area contributed by atoms with Crippen molar-refractivity contribution in [3.05, 3.63) is 29.6 Å².